The van der Waals surface area contributed by atoms with Gasteiger partial charge in [0, 0.05) is 24.2 Å². The van der Waals surface area contributed by atoms with Gasteiger partial charge in [-0.15, -0.1) is 0 Å². The zero-order valence-electron chi connectivity index (χ0n) is 10.5. The van der Waals surface area contributed by atoms with Gasteiger partial charge in [-0.05, 0) is 38.7 Å². The summed E-state index contributed by atoms with van der Waals surface area (Å²) in [6.45, 7) is 3.79. The lowest BCUT2D eigenvalue weighted by Crippen LogP contribution is -2.35. The first-order valence-corrected chi connectivity index (χ1v) is 5.98. The van der Waals surface area contributed by atoms with E-state index in [-0.39, 0.29) is 0 Å². The van der Waals surface area contributed by atoms with Crippen molar-refractivity contribution in [2.75, 3.05) is 20.6 Å². The summed E-state index contributed by atoms with van der Waals surface area (Å²) in [5.41, 5.74) is 1.62. The summed E-state index contributed by atoms with van der Waals surface area (Å²) in [4.78, 5) is 2.16. The molecule has 3 nitrogen and oxygen atoms in total. The molecule has 0 bridgehead atoms. The molecule has 1 rings (SSSR count). The Kier molecular flexibility index (Phi) is 5.43. The summed E-state index contributed by atoms with van der Waals surface area (Å²) < 4.78 is 0. The highest BCUT2D eigenvalue weighted by molar-refractivity contribution is 6.31. The monoisotopic (exact) mass is 251 g/mol. The third kappa shape index (κ3) is 4.35. The van der Waals surface area contributed by atoms with E-state index in [0.29, 0.717) is 16.6 Å². The molecule has 1 aromatic carbocycles. The first-order chi connectivity index (χ1) is 8.04. The van der Waals surface area contributed by atoms with Crippen LogP contribution in [0.5, 0.6) is 0 Å². The molecule has 0 aromatic heterocycles. The smallest absolute Gasteiger partial charge is 0.0992 e. The third-order valence-corrected chi connectivity index (χ3v) is 3.17. The van der Waals surface area contributed by atoms with E-state index < -0.39 is 0 Å². The average Bonchev–Trinajstić information content (AvgIpc) is 2.30. The van der Waals surface area contributed by atoms with Gasteiger partial charge in [0.25, 0.3) is 0 Å². The molecule has 1 atom stereocenters. The largest absolute Gasteiger partial charge is 0.311 e. The molecule has 1 aromatic rings. The number of hydrogen-bond donors (Lipinski definition) is 1. The second-order valence-corrected chi connectivity index (χ2v) is 4.77. The standard InChI is InChI=1S/C13H18ClN3/c1-10(17(2)3)8-16-9-12-5-4-11(7-15)6-13(12)14/h4-6,10,16H,8-9H2,1-3H3. The van der Waals surface area contributed by atoms with Crippen molar-refractivity contribution in [2.45, 2.75) is 19.5 Å². The minimum atomic E-state index is 0.479. The second kappa shape index (κ2) is 6.61. The van der Waals surface area contributed by atoms with E-state index in [4.69, 9.17) is 16.9 Å². The van der Waals surface area contributed by atoms with E-state index in [1.54, 1.807) is 12.1 Å². The molecule has 0 heterocycles. The zero-order valence-corrected chi connectivity index (χ0v) is 11.3. The van der Waals surface area contributed by atoms with Crippen LogP contribution < -0.4 is 5.32 Å². The van der Waals surface area contributed by atoms with Crippen molar-refractivity contribution >= 4 is 11.6 Å². The fourth-order valence-corrected chi connectivity index (χ4v) is 1.61. The van der Waals surface area contributed by atoms with E-state index >= 15 is 0 Å². The fraction of sp³-hybridized carbons (Fsp3) is 0.462. The molecule has 0 fully saturated rings. The van der Waals surface area contributed by atoms with Crippen molar-refractivity contribution in [1.82, 2.24) is 10.2 Å². The normalized spacial score (nSPS) is 12.5. The summed E-state index contributed by atoms with van der Waals surface area (Å²) >= 11 is 6.08. The van der Waals surface area contributed by atoms with Crippen molar-refractivity contribution < 1.29 is 0 Å². The van der Waals surface area contributed by atoms with Crippen LogP contribution in [0, 0.1) is 11.3 Å². The quantitative estimate of drug-likeness (QED) is 0.873. The second-order valence-electron chi connectivity index (χ2n) is 4.36. The highest BCUT2D eigenvalue weighted by Gasteiger charge is 2.05. The maximum Gasteiger partial charge on any atom is 0.0992 e. The van der Waals surface area contributed by atoms with Gasteiger partial charge < -0.3 is 10.2 Å². The molecular weight excluding hydrogens is 234 g/mol. The number of halogens is 1. The molecule has 0 aliphatic heterocycles. The van der Waals surface area contributed by atoms with E-state index in [1.165, 1.54) is 0 Å². The van der Waals surface area contributed by atoms with Crippen LogP contribution in [0.1, 0.15) is 18.1 Å². The molecule has 0 spiro atoms. The van der Waals surface area contributed by atoms with Crippen molar-refractivity contribution in [3.8, 4) is 6.07 Å². The minimum Gasteiger partial charge on any atom is -0.311 e. The molecule has 17 heavy (non-hydrogen) atoms. The van der Waals surface area contributed by atoms with Gasteiger partial charge in [-0.1, -0.05) is 17.7 Å². The number of benzene rings is 1. The lowest BCUT2D eigenvalue weighted by molar-refractivity contribution is 0.302. The summed E-state index contributed by atoms with van der Waals surface area (Å²) in [6.07, 6.45) is 0. The fourth-order valence-electron chi connectivity index (χ4n) is 1.36. The molecular formula is C13H18ClN3. The van der Waals surface area contributed by atoms with Crippen LogP contribution in [0.4, 0.5) is 0 Å². The van der Waals surface area contributed by atoms with Gasteiger partial charge in [0.15, 0.2) is 0 Å². The molecule has 0 saturated heterocycles. The van der Waals surface area contributed by atoms with Crippen LogP contribution in [0.25, 0.3) is 0 Å². The number of nitrogens with one attached hydrogen (secondary N) is 1. The average molecular weight is 252 g/mol. The molecule has 0 saturated carbocycles. The number of nitriles is 1. The van der Waals surface area contributed by atoms with Crippen LogP contribution in [0.3, 0.4) is 0 Å². The molecule has 0 amide bonds. The number of rotatable bonds is 5. The van der Waals surface area contributed by atoms with E-state index in [0.717, 1.165) is 18.7 Å². The Balaban J connectivity index is 2.50. The number of nitrogens with zero attached hydrogens (tertiary/aromatic N) is 2. The third-order valence-electron chi connectivity index (χ3n) is 2.82. The van der Waals surface area contributed by atoms with Crippen LogP contribution >= 0.6 is 11.6 Å². The lowest BCUT2D eigenvalue weighted by Gasteiger charge is -2.20. The number of hydrogen-bond acceptors (Lipinski definition) is 3. The van der Waals surface area contributed by atoms with Gasteiger partial charge in [-0.3, -0.25) is 0 Å². The molecule has 1 unspecified atom stereocenters. The molecule has 4 heteroatoms. The van der Waals surface area contributed by atoms with Gasteiger partial charge in [-0.25, -0.2) is 0 Å². The Labute approximate surface area is 108 Å². The maximum atomic E-state index is 8.73. The van der Waals surface area contributed by atoms with Crippen molar-refractivity contribution in [3.63, 3.8) is 0 Å². The van der Waals surface area contributed by atoms with E-state index in [9.17, 15) is 0 Å². The van der Waals surface area contributed by atoms with Gasteiger partial charge in [-0.2, -0.15) is 5.26 Å². The molecule has 0 aliphatic carbocycles. The molecule has 1 N–H and O–H groups in total. The first-order valence-electron chi connectivity index (χ1n) is 5.60. The number of likely N-dealkylation sites (N-methyl/N-ethyl adjacent to an activating group) is 1. The predicted octanol–water partition coefficient (Wildman–Crippen LogP) is 2.25. The Morgan fingerprint density at radius 1 is 1.47 bits per heavy atom. The van der Waals surface area contributed by atoms with E-state index in [1.807, 2.05) is 6.07 Å². The summed E-state index contributed by atoms with van der Waals surface area (Å²) in [7, 11) is 4.11. The summed E-state index contributed by atoms with van der Waals surface area (Å²) in [5.74, 6) is 0. The summed E-state index contributed by atoms with van der Waals surface area (Å²) in [5, 5.41) is 12.7. The topological polar surface area (TPSA) is 39.1 Å². The van der Waals surface area contributed by atoms with E-state index in [2.05, 4.69) is 37.3 Å². The minimum absolute atomic E-state index is 0.479. The van der Waals surface area contributed by atoms with Gasteiger partial charge >= 0.3 is 0 Å². The Morgan fingerprint density at radius 3 is 2.71 bits per heavy atom. The Morgan fingerprint density at radius 2 is 2.18 bits per heavy atom. The van der Waals surface area contributed by atoms with Crippen molar-refractivity contribution in [1.29, 1.82) is 5.26 Å². The van der Waals surface area contributed by atoms with Crippen molar-refractivity contribution in [2.24, 2.45) is 0 Å². The molecule has 0 radical (unpaired) electrons. The van der Waals surface area contributed by atoms with Gasteiger partial charge in [0.05, 0.1) is 11.6 Å². The highest BCUT2D eigenvalue weighted by Crippen LogP contribution is 2.17. The zero-order chi connectivity index (χ0) is 12.8. The van der Waals surface area contributed by atoms with Crippen LogP contribution in [0.15, 0.2) is 18.2 Å². The van der Waals surface area contributed by atoms with Crippen LogP contribution in [-0.2, 0) is 6.54 Å². The SMILES string of the molecule is CC(CNCc1ccc(C#N)cc1Cl)N(C)C. The van der Waals surface area contributed by atoms with Crippen molar-refractivity contribution in [3.05, 3.63) is 34.3 Å². The van der Waals surface area contributed by atoms with Crippen LogP contribution in [0.2, 0.25) is 5.02 Å². The highest BCUT2D eigenvalue weighted by atomic mass is 35.5. The Bertz CT molecular complexity index is 410. The molecule has 92 valence electrons. The Hall–Kier alpha value is -1.08. The van der Waals surface area contributed by atoms with Gasteiger partial charge in [0.1, 0.15) is 0 Å². The molecule has 0 aliphatic rings. The predicted molar refractivity (Wildman–Crippen MR) is 71.0 cm³/mol. The summed E-state index contributed by atoms with van der Waals surface area (Å²) in [6, 6.07) is 7.94. The van der Waals surface area contributed by atoms with Gasteiger partial charge in [0.2, 0.25) is 0 Å². The van der Waals surface area contributed by atoms with Crippen LogP contribution in [-0.4, -0.2) is 31.6 Å². The lowest BCUT2D eigenvalue weighted by atomic mass is 10.1. The first kappa shape index (κ1) is 14.0. The maximum absolute atomic E-state index is 8.73.